The van der Waals surface area contributed by atoms with E-state index in [0.29, 0.717) is 6.54 Å². The normalized spacial score (nSPS) is 12.4. The quantitative estimate of drug-likeness (QED) is 0.884. The van der Waals surface area contributed by atoms with Crippen LogP contribution in [-0.4, -0.2) is 25.5 Å². The van der Waals surface area contributed by atoms with Gasteiger partial charge in [0.15, 0.2) is 0 Å². The lowest BCUT2D eigenvalue weighted by molar-refractivity contribution is -0.124. The van der Waals surface area contributed by atoms with Gasteiger partial charge in [-0.05, 0) is 33.3 Å². The van der Waals surface area contributed by atoms with Crippen LogP contribution >= 0.6 is 0 Å². The Morgan fingerprint density at radius 1 is 1.43 bits per heavy atom. The first-order valence-electron chi connectivity index (χ1n) is 7.34. The summed E-state index contributed by atoms with van der Waals surface area (Å²) >= 11 is 0. The number of rotatable bonds is 6. The van der Waals surface area contributed by atoms with E-state index in [-0.39, 0.29) is 11.9 Å². The zero-order chi connectivity index (χ0) is 15.4. The average Bonchev–Trinajstić information content (AvgIpc) is 3.07. The van der Waals surface area contributed by atoms with Crippen molar-refractivity contribution in [2.75, 3.05) is 0 Å². The number of nitrogens with zero attached hydrogens (tertiary/aromatic N) is 4. The molecule has 2 aromatic rings. The summed E-state index contributed by atoms with van der Waals surface area (Å²) in [6.07, 6.45) is 4.51. The maximum atomic E-state index is 12.2. The second kappa shape index (κ2) is 6.56. The van der Waals surface area contributed by atoms with Gasteiger partial charge in [-0.25, -0.2) is 0 Å². The van der Waals surface area contributed by atoms with Crippen molar-refractivity contribution in [2.45, 2.75) is 53.2 Å². The maximum absolute atomic E-state index is 12.2. The lowest BCUT2D eigenvalue weighted by Crippen LogP contribution is -2.31. The summed E-state index contributed by atoms with van der Waals surface area (Å²) in [4.78, 5) is 12.2. The molecule has 2 heterocycles. The van der Waals surface area contributed by atoms with Gasteiger partial charge in [-0.15, -0.1) is 0 Å². The number of hydrogen-bond acceptors (Lipinski definition) is 3. The Labute approximate surface area is 125 Å². The number of aromatic nitrogens is 4. The van der Waals surface area contributed by atoms with Crippen molar-refractivity contribution < 1.29 is 4.79 Å². The summed E-state index contributed by atoms with van der Waals surface area (Å²) < 4.78 is 3.66. The second-order valence-electron chi connectivity index (χ2n) is 5.25. The third kappa shape index (κ3) is 3.32. The second-order valence-corrected chi connectivity index (χ2v) is 5.25. The molecule has 114 valence electrons. The van der Waals surface area contributed by atoms with Crippen molar-refractivity contribution in [3.05, 3.63) is 35.4 Å². The molecular formula is C15H23N5O. The van der Waals surface area contributed by atoms with Crippen molar-refractivity contribution in [1.29, 1.82) is 0 Å². The minimum atomic E-state index is -0.314. The number of carbonyl (C=O) groups is 1. The summed E-state index contributed by atoms with van der Waals surface area (Å²) in [5, 5.41) is 11.6. The lowest BCUT2D eigenvalue weighted by Gasteiger charge is -2.13. The Morgan fingerprint density at radius 2 is 2.19 bits per heavy atom. The van der Waals surface area contributed by atoms with Crippen LogP contribution in [0.1, 0.15) is 43.3 Å². The Bertz CT molecular complexity index is 600. The molecule has 1 N–H and O–H groups in total. The van der Waals surface area contributed by atoms with Crippen LogP contribution in [0.25, 0.3) is 0 Å². The van der Waals surface area contributed by atoms with Crippen LogP contribution < -0.4 is 5.32 Å². The zero-order valence-electron chi connectivity index (χ0n) is 13.1. The Morgan fingerprint density at radius 3 is 2.81 bits per heavy atom. The van der Waals surface area contributed by atoms with E-state index in [0.717, 1.165) is 29.9 Å². The molecule has 0 fully saturated rings. The van der Waals surface area contributed by atoms with Gasteiger partial charge >= 0.3 is 0 Å². The molecule has 0 aliphatic rings. The molecule has 0 saturated heterocycles. The summed E-state index contributed by atoms with van der Waals surface area (Å²) in [6, 6.07) is 1.50. The molecule has 1 atom stereocenters. The summed E-state index contributed by atoms with van der Waals surface area (Å²) in [5.41, 5.74) is 3.21. The molecule has 0 radical (unpaired) electrons. The van der Waals surface area contributed by atoms with Crippen molar-refractivity contribution in [1.82, 2.24) is 24.9 Å². The van der Waals surface area contributed by atoms with Gasteiger partial charge in [0, 0.05) is 36.7 Å². The zero-order valence-corrected chi connectivity index (χ0v) is 13.1. The van der Waals surface area contributed by atoms with Crippen LogP contribution in [0.2, 0.25) is 0 Å². The highest BCUT2D eigenvalue weighted by molar-refractivity contribution is 5.79. The highest BCUT2D eigenvalue weighted by atomic mass is 16.2. The predicted octanol–water partition coefficient (Wildman–Crippen LogP) is 1.98. The minimum Gasteiger partial charge on any atom is -0.350 e. The number of hydrogen-bond donors (Lipinski definition) is 1. The highest BCUT2D eigenvalue weighted by Crippen LogP contribution is 2.14. The van der Waals surface area contributed by atoms with E-state index in [1.165, 1.54) is 0 Å². The third-order valence-corrected chi connectivity index (χ3v) is 3.71. The smallest absolute Gasteiger partial charge is 0.244 e. The van der Waals surface area contributed by atoms with E-state index >= 15 is 0 Å². The lowest BCUT2D eigenvalue weighted by atomic mass is 10.2. The SMILES string of the molecule is CCCn1nc(C)c(CNC(=O)[C@H](C)n2cccn2)c1C. The molecule has 2 aromatic heterocycles. The largest absolute Gasteiger partial charge is 0.350 e. The van der Waals surface area contributed by atoms with Gasteiger partial charge in [-0.2, -0.15) is 10.2 Å². The Balaban J connectivity index is 2.01. The van der Waals surface area contributed by atoms with E-state index in [4.69, 9.17) is 0 Å². The van der Waals surface area contributed by atoms with E-state index in [1.807, 2.05) is 31.5 Å². The standard InChI is InChI=1S/C15H23N5O/c1-5-8-20-12(3)14(11(2)18-20)10-16-15(21)13(4)19-9-6-7-17-19/h6-7,9,13H,5,8,10H2,1-4H3,(H,16,21)/t13-/m0/s1. The Kier molecular flexibility index (Phi) is 4.77. The highest BCUT2D eigenvalue weighted by Gasteiger charge is 2.17. The van der Waals surface area contributed by atoms with Crippen molar-refractivity contribution >= 4 is 5.91 Å². The molecule has 0 bridgehead atoms. The minimum absolute atomic E-state index is 0.0410. The molecule has 0 saturated carbocycles. The number of nitrogens with one attached hydrogen (secondary N) is 1. The maximum Gasteiger partial charge on any atom is 0.244 e. The van der Waals surface area contributed by atoms with Gasteiger partial charge in [-0.1, -0.05) is 6.92 Å². The fourth-order valence-electron chi connectivity index (χ4n) is 2.37. The van der Waals surface area contributed by atoms with Crippen LogP contribution in [0, 0.1) is 13.8 Å². The van der Waals surface area contributed by atoms with Crippen LogP contribution in [0.4, 0.5) is 0 Å². The molecule has 6 nitrogen and oxygen atoms in total. The van der Waals surface area contributed by atoms with Crippen LogP contribution in [0.15, 0.2) is 18.5 Å². The van der Waals surface area contributed by atoms with Crippen LogP contribution in [0.5, 0.6) is 0 Å². The van der Waals surface area contributed by atoms with E-state index in [2.05, 4.69) is 22.4 Å². The summed E-state index contributed by atoms with van der Waals surface area (Å²) in [5.74, 6) is -0.0410. The molecule has 2 rings (SSSR count). The van der Waals surface area contributed by atoms with E-state index in [1.54, 1.807) is 17.1 Å². The molecule has 0 aliphatic heterocycles. The first-order chi connectivity index (χ1) is 10.0. The van der Waals surface area contributed by atoms with Crippen molar-refractivity contribution in [3.63, 3.8) is 0 Å². The molecular weight excluding hydrogens is 266 g/mol. The fourth-order valence-corrected chi connectivity index (χ4v) is 2.37. The topological polar surface area (TPSA) is 64.7 Å². The number of carbonyl (C=O) groups excluding carboxylic acids is 1. The summed E-state index contributed by atoms with van der Waals surface area (Å²) in [7, 11) is 0. The predicted molar refractivity (Wildman–Crippen MR) is 80.8 cm³/mol. The molecule has 0 unspecified atom stereocenters. The first-order valence-corrected chi connectivity index (χ1v) is 7.34. The van der Waals surface area contributed by atoms with Gasteiger partial charge in [0.2, 0.25) is 5.91 Å². The average molecular weight is 289 g/mol. The number of aryl methyl sites for hydroxylation is 2. The molecule has 0 aliphatic carbocycles. The first kappa shape index (κ1) is 15.3. The van der Waals surface area contributed by atoms with Crippen molar-refractivity contribution in [2.24, 2.45) is 0 Å². The van der Waals surface area contributed by atoms with Gasteiger partial charge < -0.3 is 5.32 Å². The van der Waals surface area contributed by atoms with E-state index in [9.17, 15) is 4.79 Å². The molecule has 0 spiro atoms. The molecule has 0 aromatic carbocycles. The fraction of sp³-hybridized carbons (Fsp3) is 0.533. The molecule has 21 heavy (non-hydrogen) atoms. The van der Waals surface area contributed by atoms with Gasteiger partial charge in [0.25, 0.3) is 0 Å². The molecule has 6 heteroatoms. The van der Waals surface area contributed by atoms with Crippen molar-refractivity contribution in [3.8, 4) is 0 Å². The van der Waals surface area contributed by atoms with Gasteiger partial charge in [-0.3, -0.25) is 14.2 Å². The monoisotopic (exact) mass is 289 g/mol. The van der Waals surface area contributed by atoms with Gasteiger partial charge in [0.05, 0.1) is 5.69 Å². The third-order valence-electron chi connectivity index (χ3n) is 3.71. The number of amides is 1. The van der Waals surface area contributed by atoms with Crippen LogP contribution in [0.3, 0.4) is 0 Å². The van der Waals surface area contributed by atoms with Gasteiger partial charge in [0.1, 0.15) is 6.04 Å². The molecule has 1 amide bonds. The van der Waals surface area contributed by atoms with Crippen LogP contribution in [-0.2, 0) is 17.9 Å². The van der Waals surface area contributed by atoms with E-state index < -0.39 is 0 Å². The summed E-state index contributed by atoms with van der Waals surface area (Å²) in [6.45, 7) is 9.41. The Hall–Kier alpha value is -2.11.